The Hall–Kier alpha value is -1.47. The molecule has 1 saturated heterocycles. The largest absolute Gasteiger partial charge is 0.389 e. The minimum atomic E-state index is -0.401. The molecule has 0 unspecified atom stereocenters. The molecule has 3 N–H and O–H groups in total. The number of β-amino-alcohol motifs (C(OH)–C–C–N with tert-alkyl or cyclic N) is 1. The van der Waals surface area contributed by atoms with Crippen molar-refractivity contribution in [3.05, 3.63) is 29.8 Å². The number of amides is 1. The predicted octanol–water partition coefficient (Wildman–Crippen LogP) is 1.21. The molecule has 1 fully saturated rings. The molecule has 0 spiro atoms. The van der Waals surface area contributed by atoms with E-state index in [0.717, 1.165) is 38.2 Å². The summed E-state index contributed by atoms with van der Waals surface area (Å²) in [5, 5.41) is 16.2. The number of hydrogen-bond acceptors (Lipinski definition) is 5. The van der Waals surface area contributed by atoms with Crippen molar-refractivity contribution < 1.29 is 14.6 Å². The van der Waals surface area contributed by atoms with Crippen LogP contribution < -0.4 is 10.6 Å². The monoisotopic (exact) mass is 335 g/mol. The second-order valence-electron chi connectivity index (χ2n) is 6.44. The van der Waals surface area contributed by atoms with Gasteiger partial charge in [0.1, 0.15) is 0 Å². The Kier molecular flexibility index (Phi) is 7.65. The van der Waals surface area contributed by atoms with Crippen LogP contribution in [0, 0.1) is 0 Å². The molecule has 1 amide bonds. The molecule has 1 aliphatic heterocycles. The van der Waals surface area contributed by atoms with Crippen molar-refractivity contribution >= 4 is 11.6 Å². The molecule has 134 valence electrons. The highest BCUT2D eigenvalue weighted by Gasteiger charge is 2.20. The summed E-state index contributed by atoms with van der Waals surface area (Å²) in [7, 11) is 1.61. The summed E-state index contributed by atoms with van der Waals surface area (Å²) in [6.45, 7) is 5.42. The minimum absolute atomic E-state index is 0.0525. The van der Waals surface area contributed by atoms with Crippen molar-refractivity contribution in [1.82, 2.24) is 10.2 Å². The maximum absolute atomic E-state index is 11.0. The summed E-state index contributed by atoms with van der Waals surface area (Å²) < 4.78 is 4.97. The Balaban J connectivity index is 1.68. The van der Waals surface area contributed by atoms with Crippen molar-refractivity contribution in [1.29, 1.82) is 0 Å². The number of nitrogens with one attached hydrogen (secondary N) is 2. The predicted molar refractivity (Wildman–Crippen MR) is 94.9 cm³/mol. The van der Waals surface area contributed by atoms with Gasteiger partial charge in [0.15, 0.2) is 0 Å². The van der Waals surface area contributed by atoms with Crippen LogP contribution in [0.25, 0.3) is 0 Å². The van der Waals surface area contributed by atoms with Crippen molar-refractivity contribution in [3.63, 3.8) is 0 Å². The lowest BCUT2D eigenvalue weighted by Gasteiger charge is -2.33. The van der Waals surface area contributed by atoms with Crippen LogP contribution in [0.15, 0.2) is 24.3 Å². The number of nitrogens with zero attached hydrogens (tertiary/aromatic N) is 1. The van der Waals surface area contributed by atoms with Gasteiger partial charge in [0.05, 0.1) is 12.7 Å². The number of ether oxygens (including phenoxy) is 1. The number of carbonyl (C=O) groups excluding carboxylic acids is 1. The smallest absolute Gasteiger partial charge is 0.221 e. The third kappa shape index (κ3) is 6.57. The number of carbonyl (C=O) groups is 1. The SMILES string of the molecule is COC[C@@H](O)CN1CCC(NCc2ccc(NC(C)=O)cc2)CC1. The number of benzene rings is 1. The van der Waals surface area contributed by atoms with Gasteiger partial charge < -0.3 is 25.4 Å². The molecule has 0 aromatic heterocycles. The normalized spacial score (nSPS) is 17.6. The lowest BCUT2D eigenvalue weighted by molar-refractivity contribution is -0.114. The van der Waals surface area contributed by atoms with Crippen LogP contribution in [0.4, 0.5) is 5.69 Å². The summed E-state index contributed by atoms with van der Waals surface area (Å²) in [4.78, 5) is 13.3. The zero-order chi connectivity index (χ0) is 17.4. The van der Waals surface area contributed by atoms with Crippen molar-refractivity contribution in [2.75, 3.05) is 38.7 Å². The van der Waals surface area contributed by atoms with Crippen LogP contribution in [-0.2, 0) is 16.1 Å². The van der Waals surface area contributed by atoms with Crippen molar-refractivity contribution in [2.45, 2.75) is 38.5 Å². The summed E-state index contributed by atoms with van der Waals surface area (Å²) in [6, 6.07) is 8.44. The second-order valence-corrected chi connectivity index (χ2v) is 6.44. The molecular formula is C18H29N3O3. The highest BCUT2D eigenvalue weighted by Crippen LogP contribution is 2.13. The van der Waals surface area contributed by atoms with Gasteiger partial charge in [0.2, 0.25) is 5.91 Å². The molecule has 6 nitrogen and oxygen atoms in total. The number of methoxy groups -OCH3 is 1. The van der Waals surface area contributed by atoms with Gasteiger partial charge in [0, 0.05) is 38.9 Å². The fourth-order valence-electron chi connectivity index (χ4n) is 3.03. The number of piperidine rings is 1. The van der Waals surface area contributed by atoms with Gasteiger partial charge in [-0.1, -0.05) is 12.1 Å². The molecule has 0 radical (unpaired) electrons. The molecule has 1 aromatic carbocycles. The van der Waals surface area contributed by atoms with Crippen LogP contribution >= 0.6 is 0 Å². The molecule has 24 heavy (non-hydrogen) atoms. The van der Waals surface area contributed by atoms with E-state index >= 15 is 0 Å². The first-order valence-electron chi connectivity index (χ1n) is 8.56. The van der Waals surface area contributed by atoms with Gasteiger partial charge in [-0.2, -0.15) is 0 Å². The third-order valence-electron chi connectivity index (χ3n) is 4.28. The lowest BCUT2D eigenvalue weighted by atomic mass is 10.0. The molecule has 0 saturated carbocycles. The van der Waals surface area contributed by atoms with E-state index in [9.17, 15) is 9.90 Å². The van der Waals surface area contributed by atoms with E-state index in [4.69, 9.17) is 4.74 Å². The fourth-order valence-corrected chi connectivity index (χ4v) is 3.03. The van der Waals surface area contributed by atoms with Crippen LogP contribution in [0.5, 0.6) is 0 Å². The fraction of sp³-hybridized carbons (Fsp3) is 0.611. The molecule has 0 bridgehead atoms. The van der Waals surface area contributed by atoms with E-state index in [-0.39, 0.29) is 5.91 Å². The Bertz CT molecular complexity index is 499. The molecule has 1 aliphatic rings. The van der Waals surface area contributed by atoms with E-state index in [1.54, 1.807) is 7.11 Å². The van der Waals surface area contributed by atoms with Gasteiger partial charge in [-0.25, -0.2) is 0 Å². The number of anilines is 1. The van der Waals surface area contributed by atoms with E-state index in [1.807, 2.05) is 24.3 Å². The van der Waals surface area contributed by atoms with Gasteiger partial charge >= 0.3 is 0 Å². The maximum Gasteiger partial charge on any atom is 0.221 e. The first kappa shape index (κ1) is 18.9. The minimum Gasteiger partial charge on any atom is -0.389 e. The highest BCUT2D eigenvalue weighted by molar-refractivity contribution is 5.88. The Morgan fingerprint density at radius 3 is 2.58 bits per heavy atom. The Morgan fingerprint density at radius 2 is 2.00 bits per heavy atom. The number of aliphatic hydroxyl groups excluding tert-OH is 1. The number of aliphatic hydroxyl groups is 1. The van der Waals surface area contributed by atoms with Crippen molar-refractivity contribution in [2.24, 2.45) is 0 Å². The van der Waals surface area contributed by atoms with Crippen LogP contribution in [-0.4, -0.2) is 61.4 Å². The molecule has 1 aromatic rings. The van der Waals surface area contributed by atoms with Crippen LogP contribution in [0.1, 0.15) is 25.3 Å². The average Bonchev–Trinajstić information content (AvgIpc) is 2.55. The topological polar surface area (TPSA) is 73.8 Å². The molecule has 6 heteroatoms. The zero-order valence-electron chi connectivity index (χ0n) is 14.6. The van der Waals surface area contributed by atoms with Crippen LogP contribution in [0.2, 0.25) is 0 Å². The van der Waals surface area contributed by atoms with E-state index < -0.39 is 6.10 Å². The molecular weight excluding hydrogens is 306 g/mol. The maximum atomic E-state index is 11.0. The van der Waals surface area contributed by atoms with Gasteiger partial charge in [-0.05, 0) is 43.6 Å². The van der Waals surface area contributed by atoms with Gasteiger partial charge in [-0.3, -0.25) is 4.79 Å². The number of likely N-dealkylation sites (tertiary alicyclic amines) is 1. The quantitative estimate of drug-likeness (QED) is 0.666. The van der Waals surface area contributed by atoms with Gasteiger partial charge in [-0.15, -0.1) is 0 Å². The molecule has 1 atom stereocenters. The summed E-state index contributed by atoms with van der Waals surface area (Å²) >= 11 is 0. The zero-order valence-corrected chi connectivity index (χ0v) is 14.6. The summed E-state index contributed by atoms with van der Waals surface area (Å²) in [5.41, 5.74) is 2.04. The molecule has 2 rings (SSSR count). The third-order valence-corrected chi connectivity index (χ3v) is 4.28. The number of hydrogen-bond donors (Lipinski definition) is 3. The van der Waals surface area contributed by atoms with E-state index in [2.05, 4.69) is 15.5 Å². The first-order valence-corrected chi connectivity index (χ1v) is 8.56. The molecule has 1 heterocycles. The van der Waals surface area contributed by atoms with E-state index in [0.29, 0.717) is 19.2 Å². The van der Waals surface area contributed by atoms with Crippen LogP contribution in [0.3, 0.4) is 0 Å². The number of rotatable bonds is 8. The molecule has 0 aliphatic carbocycles. The summed E-state index contributed by atoms with van der Waals surface area (Å²) in [6.07, 6.45) is 1.77. The lowest BCUT2D eigenvalue weighted by Crippen LogP contribution is -2.45. The highest BCUT2D eigenvalue weighted by atomic mass is 16.5. The van der Waals surface area contributed by atoms with Crippen molar-refractivity contribution in [3.8, 4) is 0 Å². The standard InChI is InChI=1S/C18H29N3O3/c1-14(22)20-17-5-3-15(4-6-17)11-19-16-7-9-21(10-8-16)12-18(23)13-24-2/h3-6,16,18-19,23H,7-13H2,1-2H3,(H,20,22)/t18-/m0/s1. The second kappa shape index (κ2) is 9.74. The van der Waals surface area contributed by atoms with E-state index in [1.165, 1.54) is 12.5 Å². The first-order chi connectivity index (χ1) is 11.6. The van der Waals surface area contributed by atoms with Gasteiger partial charge in [0.25, 0.3) is 0 Å². The Labute approximate surface area is 144 Å². The Morgan fingerprint density at radius 1 is 1.33 bits per heavy atom. The summed E-state index contributed by atoms with van der Waals surface area (Å²) in [5.74, 6) is -0.0525. The average molecular weight is 335 g/mol.